The number of ether oxygens (including phenoxy) is 1. The standard InChI is InChI=1S/C26H31F2N7O2/c1-14-30-19-6-5-16(11-20(19)35(14)13-21(27)28)18-12-29-23-22(18)24(37-4)33-25(32-23)31-17-7-9-26(3,10-8-17)34-15(2)36/h5-6,11-12,17,21H,7-10,13H2,1-4H3,(H,34,36)(H2,29,31,32,33). The molecule has 9 nitrogen and oxygen atoms in total. The maximum Gasteiger partial charge on any atom is 0.256 e. The van der Waals surface area contributed by atoms with Crippen molar-refractivity contribution in [2.75, 3.05) is 12.4 Å². The zero-order valence-electron chi connectivity index (χ0n) is 21.4. The topological polar surface area (TPSA) is 110 Å². The molecule has 3 aromatic heterocycles. The Morgan fingerprint density at radius 3 is 2.70 bits per heavy atom. The normalized spacial score (nSPS) is 20.0. The molecule has 5 rings (SSSR count). The monoisotopic (exact) mass is 511 g/mol. The zero-order valence-corrected chi connectivity index (χ0v) is 21.4. The van der Waals surface area contributed by atoms with Gasteiger partial charge in [-0.3, -0.25) is 4.79 Å². The molecule has 3 N–H and O–H groups in total. The second kappa shape index (κ2) is 9.60. The van der Waals surface area contributed by atoms with Crippen molar-refractivity contribution in [2.24, 2.45) is 0 Å². The van der Waals surface area contributed by atoms with Gasteiger partial charge < -0.3 is 24.9 Å². The third kappa shape index (κ3) is 4.94. The molecule has 1 saturated carbocycles. The van der Waals surface area contributed by atoms with Crippen molar-refractivity contribution >= 4 is 33.9 Å². The van der Waals surface area contributed by atoms with Crippen molar-refractivity contribution < 1.29 is 18.3 Å². The average Bonchev–Trinajstić information content (AvgIpc) is 3.40. The van der Waals surface area contributed by atoms with Crippen LogP contribution in [0.1, 0.15) is 45.4 Å². The van der Waals surface area contributed by atoms with E-state index >= 15 is 0 Å². The smallest absolute Gasteiger partial charge is 0.256 e. The van der Waals surface area contributed by atoms with Crippen molar-refractivity contribution in [2.45, 2.75) is 71.0 Å². The van der Waals surface area contributed by atoms with E-state index in [0.717, 1.165) is 36.8 Å². The number of aromatic amines is 1. The number of halogens is 2. The molecule has 1 fully saturated rings. The first-order valence-electron chi connectivity index (χ1n) is 12.4. The number of benzene rings is 1. The molecule has 1 amide bonds. The summed E-state index contributed by atoms with van der Waals surface area (Å²) in [6.07, 6.45) is 2.83. The summed E-state index contributed by atoms with van der Waals surface area (Å²) in [5, 5.41) is 7.20. The first-order valence-corrected chi connectivity index (χ1v) is 12.4. The van der Waals surface area contributed by atoms with Crippen LogP contribution in [-0.2, 0) is 11.3 Å². The number of H-pyrrole nitrogens is 1. The number of nitrogens with one attached hydrogen (secondary N) is 3. The Hall–Kier alpha value is -3.76. The van der Waals surface area contributed by atoms with Crippen LogP contribution in [0.3, 0.4) is 0 Å². The summed E-state index contributed by atoms with van der Waals surface area (Å²) in [6, 6.07) is 5.78. The molecule has 3 heterocycles. The molecule has 0 spiro atoms. The molecule has 0 unspecified atom stereocenters. The first-order chi connectivity index (χ1) is 17.7. The lowest BCUT2D eigenvalue weighted by atomic mass is 9.81. The van der Waals surface area contributed by atoms with Gasteiger partial charge in [-0.1, -0.05) is 6.07 Å². The van der Waals surface area contributed by atoms with Crippen LogP contribution in [0, 0.1) is 6.92 Å². The average molecular weight is 512 g/mol. The number of methoxy groups -OCH3 is 1. The number of hydrogen-bond donors (Lipinski definition) is 3. The lowest BCUT2D eigenvalue weighted by Gasteiger charge is -2.38. The van der Waals surface area contributed by atoms with Gasteiger partial charge >= 0.3 is 0 Å². The number of carbonyl (C=O) groups excluding carboxylic acids is 1. The predicted octanol–water partition coefficient (Wildman–Crippen LogP) is 4.81. The summed E-state index contributed by atoms with van der Waals surface area (Å²) in [4.78, 5) is 28.5. The summed E-state index contributed by atoms with van der Waals surface area (Å²) >= 11 is 0. The van der Waals surface area contributed by atoms with Crippen molar-refractivity contribution in [3.05, 3.63) is 30.2 Å². The van der Waals surface area contributed by atoms with Gasteiger partial charge in [-0.2, -0.15) is 9.97 Å². The van der Waals surface area contributed by atoms with E-state index in [2.05, 4.69) is 37.5 Å². The van der Waals surface area contributed by atoms with Gasteiger partial charge in [0.2, 0.25) is 17.7 Å². The quantitative estimate of drug-likeness (QED) is 0.329. The zero-order chi connectivity index (χ0) is 26.3. The van der Waals surface area contributed by atoms with Crippen LogP contribution in [0.4, 0.5) is 14.7 Å². The minimum absolute atomic E-state index is 0.0114. The Balaban J connectivity index is 1.43. The molecule has 1 aliphatic carbocycles. The van der Waals surface area contributed by atoms with Crippen LogP contribution in [-0.4, -0.2) is 55.5 Å². The summed E-state index contributed by atoms with van der Waals surface area (Å²) in [6.45, 7) is 4.94. The minimum Gasteiger partial charge on any atom is -0.480 e. The largest absolute Gasteiger partial charge is 0.480 e. The molecule has 196 valence electrons. The van der Waals surface area contributed by atoms with Crippen LogP contribution >= 0.6 is 0 Å². The Labute approximate surface area is 213 Å². The number of alkyl halides is 2. The fourth-order valence-electron chi connectivity index (χ4n) is 5.35. The van der Waals surface area contributed by atoms with Crippen molar-refractivity contribution in [1.82, 2.24) is 29.8 Å². The van der Waals surface area contributed by atoms with E-state index in [4.69, 9.17) is 4.74 Å². The van der Waals surface area contributed by atoms with Gasteiger partial charge in [0.05, 0.1) is 30.1 Å². The van der Waals surface area contributed by atoms with Gasteiger partial charge in [-0.05, 0) is 57.2 Å². The van der Waals surface area contributed by atoms with Gasteiger partial charge in [-0.15, -0.1) is 0 Å². The van der Waals surface area contributed by atoms with Crippen LogP contribution in [0.15, 0.2) is 24.4 Å². The molecule has 37 heavy (non-hydrogen) atoms. The molecule has 4 aromatic rings. The number of aromatic nitrogens is 5. The third-order valence-electron chi connectivity index (χ3n) is 7.16. The highest BCUT2D eigenvalue weighted by atomic mass is 19.3. The van der Waals surface area contributed by atoms with Crippen LogP contribution < -0.4 is 15.4 Å². The number of amides is 1. The van der Waals surface area contributed by atoms with Crippen LogP contribution in [0.2, 0.25) is 0 Å². The number of carbonyl (C=O) groups is 1. The summed E-state index contributed by atoms with van der Waals surface area (Å²) in [7, 11) is 1.56. The maximum absolute atomic E-state index is 13.2. The first kappa shape index (κ1) is 24.9. The number of rotatable bonds is 7. The van der Waals surface area contributed by atoms with Crippen molar-refractivity contribution in [3.63, 3.8) is 0 Å². The number of nitrogens with zero attached hydrogens (tertiary/aromatic N) is 4. The summed E-state index contributed by atoms with van der Waals surface area (Å²) in [5.41, 5.74) is 3.36. The van der Waals surface area contributed by atoms with Crippen molar-refractivity contribution in [1.29, 1.82) is 0 Å². The van der Waals surface area contributed by atoms with Gasteiger partial charge in [0.1, 0.15) is 11.5 Å². The number of fused-ring (bicyclic) bond motifs is 2. The molecule has 0 radical (unpaired) electrons. The van der Waals surface area contributed by atoms with Gasteiger partial charge in [0.25, 0.3) is 6.43 Å². The maximum atomic E-state index is 13.2. The Morgan fingerprint density at radius 1 is 1.27 bits per heavy atom. The highest BCUT2D eigenvalue weighted by Crippen LogP contribution is 2.36. The fourth-order valence-corrected chi connectivity index (χ4v) is 5.35. The van der Waals surface area contributed by atoms with Crippen LogP contribution in [0.5, 0.6) is 5.88 Å². The Kier molecular flexibility index (Phi) is 6.47. The molecule has 1 aromatic carbocycles. The van der Waals surface area contributed by atoms with E-state index in [1.54, 1.807) is 21.0 Å². The fraction of sp³-hybridized carbons (Fsp3) is 0.462. The molecular formula is C26H31F2N7O2. The molecule has 0 aliphatic heterocycles. The third-order valence-corrected chi connectivity index (χ3v) is 7.16. The minimum atomic E-state index is -2.48. The van der Waals surface area contributed by atoms with Gasteiger partial charge in [-0.25, -0.2) is 13.8 Å². The van der Waals surface area contributed by atoms with E-state index < -0.39 is 13.0 Å². The number of hydrogen-bond acceptors (Lipinski definition) is 6. The van der Waals surface area contributed by atoms with E-state index in [1.165, 1.54) is 4.57 Å². The molecule has 0 bridgehead atoms. The number of anilines is 1. The van der Waals surface area contributed by atoms with Gasteiger partial charge in [0.15, 0.2) is 0 Å². The van der Waals surface area contributed by atoms with Crippen molar-refractivity contribution in [3.8, 4) is 17.0 Å². The van der Waals surface area contributed by atoms with Crippen LogP contribution in [0.25, 0.3) is 33.2 Å². The van der Waals surface area contributed by atoms with E-state index in [0.29, 0.717) is 39.7 Å². The Bertz CT molecular complexity index is 1450. The Morgan fingerprint density at radius 2 is 2.03 bits per heavy atom. The van der Waals surface area contributed by atoms with E-state index in [1.807, 2.05) is 24.4 Å². The molecule has 1 aliphatic rings. The SMILES string of the molecule is COc1nc(NC2CCC(C)(NC(C)=O)CC2)nc2[nH]cc(-c3ccc4nc(C)n(CC(F)F)c4c3)c12. The van der Waals surface area contributed by atoms with E-state index in [9.17, 15) is 13.6 Å². The predicted molar refractivity (Wildman–Crippen MR) is 138 cm³/mol. The second-order valence-corrected chi connectivity index (χ2v) is 10.0. The highest BCUT2D eigenvalue weighted by molar-refractivity contribution is 5.99. The second-order valence-electron chi connectivity index (χ2n) is 10.0. The molecule has 0 saturated heterocycles. The highest BCUT2D eigenvalue weighted by Gasteiger charge is 2.32. The number of aryl methyl sites for hydroxylation is 1. The van der Waals surface area contributed by atoms with Gasteiger partial charge in [0, 0.05) is 30.3 Å². The summed E-state index contributed by atoms with van der Waals surface area (Å²) in [5.74, 6) is 1.41. The van der Waals surface area contributed by atoms with E-state index in [-0.39, 0.29) is 17.5 Å². The molecule has 0 atom stereocenters. The number of imidazole rings is 1. The summed E-state index contributed by atoms with van der Waals surface area (Å²) < 4.78 is 33.5. The lowest BCUT2D eigenvalue weighted by Crippen LogP contribution is -2.49. The lowest BCUT2D eigenvalue weighted by molar-refractivity contribution is -0.121. The molecule has 11 heteroatoms. The molecular weight excluding hydrogens is 480 g/mol.